The number of benzene rings is 6. The van der Waals surface area contributed by atoms with Crippen molar-refractivity contribution in [2.45, 2.75) is 83.7 Å². The van der Waals surface area contributed by atoms with Crippen molar-refractivity contribution in [1.29, 1.82) is 0 Å². The molecule has 9 rings (SSSR count). The van der Waals surface area contributed by atoms with Crippen LogP contribution in [0, 0.1) is 25.5 Å². The van der Waals surface area contributed by atoms with E-state index in [1.165, 1.54) is 55.6 Å². The molecule has 3 aliphatic carbocycles. The minimum atomic E-state index is -0.302. The highest BCUT2D eigenvalue weighted by Crippen LogP contribution is 2.64. The number of fused-ring (bicyclic) bond motifs is 5. The van der Waals surface area contributed by atoms with Crippen molar-refractivity contribution in [2.75, 3.05) is 9.80 Å². The van der Waals surface area contributed by atoms with E-state index in [9.17, 15) is 8.78 Å². The smallest absolute Gasteiger partial charge is 0.123 e. The van der Waals surface area contributed by atoms with Crippen LogP contribution in [0.4, 0.5) is 31.5 Å². The van der Waals surface area contributed by atoms with Gasteiger partial charge in [0, 0.05) is 34.6 Å². The lowest BCUT2D eigenvalue weighted by molar-refractivity contribution is 0.362. The quantitative estimate of drug-likeness (QED) is 0.148. The molecule has 3 aliphatic rings. The van der Waals surface area contributed by atoms with Crippen LogP contribution >= 0.6 is 0 Å². The fourth-order valence-electron chi connectivity index (χ4n) is 9.80. The number of aryl methyl sites for hydroxylation is 2. The maximum Gasteiger partial charge on any atom is 0.123 e. The van der Waals surface area contributed by atoms with Gasteiger partial charge in [0.25, 0.3) is 0 Å². The molecule has 0 fully saturated rings. The Morgan fingerprint density at radius 1 is 0.528 bits per heavy atom. The van der Waals surface area contributed by atoms with E-state index in [1.807, 2.05) is 24.3 Å². The van der Waals surface area contributed by atoms with Crippen molar-refractivity contribution >= 4 is 22.7 Å². The summed E-state index contributed by atoms with van der Waals surface area (Å²) in [6, 6.07) is 41.4. The van der Waals surface area contributed by atoms with Gasteiger partial charge in [-0.3, -0.25) is 0 Å². The molecule has 0 radical (unpaired) electrons. The molecule has 0 aromatic heterocycles. The second-order valence-corrected chi connectivity index (χ2v) is 16.1. The molecule has 53 heavy (non-hydrogen) atoms. The van der Waals surface area contributed by atoms with Crippen LogP contribution in [0.15, 0.2) is 121 Å². The van der Waals surface area contributed by atoms with Crippen molar-refractivity contribution in [3.8, 4) is 11.1 Å². The molecule has 0 bridgehead atoms. The van der Waals surface area contributed by atoms with Crippen molar-refractivity contribution in [3.63, 3.8) is 0 Å². The van der Waals surface area contributed by atoms with E-state index in [1.54, 1.807) is 24.3 Å². The Kier molecular flexibility index (Phi) is 7.54. The van der Waals surface area contributed by atoms with Gasteiger partial charge in [0.1, 0.15) is 11.6 Å². The summed E-state index contributed by atoms with van der Waals surface area (Å²) in [5, 5.41) is 0. The number of hydrogen-bond acceptors (Lipinski definition) is 2. The monoisotopic (exact) mass is 700 g/mol. The Morgan fingerprint density at radius 3 is 1.45 bits per heavy atom. The van der Waals surface area contributed by atoms with E-state index in [0.29, 0.717) is 0 Å². The van der Waals surface area contributed by atoms with Gasteiger partial charge in [-0.25, -0.2) is 8.78 Å². The zero-order chi connectivity index (χ0) is 36.9. The van der Waals surface area contributed by atoms with Crippen molar-refractivity contribution in [2.24, 2.45) is 0 Å². The van der Waals surface area contributed by atoms with E-state index >= 15 is 0 Å². The Balaban J connectivity index is 1.17. The van der Waals surface area contributed by atoms with Gasteiger partial charge in [0.05, 0.1) is 11.1 Å². The number of nitrogens with zero attached hydrogens (tertiary/aromatic N) is 2. The first-order chi connectivity index (χ1) is 25.5. The Morgan fingerprint density at radius 2 is 0.962 bits per heavy atom. The molecule has 0 amide bonds. The molecule has 0 spiro atoms. The maximum absolute atomic E-state index is 14.3. The molecule has 0 aliphatic heterocycles. The first-order valence-corrected chi connectivity index (χ1v) is 19.1. The molecule has 2 atom stereocenters. The summed E-state index contributed by atoms with van der Waals surface area (Å²) in [6.45, 7) is 13.5. The van der Waals surface area contributed by atoms with Gasteiger partial charge in [0.15, 0.2) is 0 Å². The largest absolute Gasteiger partial charge is 0.331 e. The van der Waals surface area contributed by atoms with Crippen LogP contribution in [0.25, 0.3) is 11.1 Å². The maximum atomic E-state index is 14.3. The van der Waals surface area contributed by atoms with Crippen LogP contribution in [0.2, 0.25) is 0 Å². The van der Waals surface area contributed by atoms with E-state index in [-0.39, 0.29) is 28.1 Å². The van der Waals surface area contributed by atoms with E-state index < -0.39 is 0 Å². The average Bonchev–Trinajstić information content (AvgIpc) is 3.70. The van der Waals surface area contributed by atoms with Crippen molar-refractivity contribution in [1.82, 2.24) is 0 Å². The summed E-state index contributed by atoms with van der Waals surface area (Å²) in [7, 11) is 0. The second kappa shape index (κ2) is 11.9. The lowest BCUT2D eigenvalue weighted by Crippen LogP contribution is -2.51. The lowest BCUT2D eigenvalue weighted by atomic mass is 9.65. The normalized spacial score (nSPS) is 19.8. The molecule has 6 aromatic carbocycles. The number of hydrogen-bond donors (Lipinski definition) is 0. The van der Waals surface area contributed by atoms with Crippen molar-refractivity contribution in [3.05, 3.63) is 177 Å². The highest BCUT2D eigenvalue weighted by molar-refractivity contribution is 5.89. The van der Waals surface area contributed by atoms with E-state index in [4.69, 9.17) is 0 Å². The Bertz CT molecular complexity index is 2280. The Labute approximate surface area is 312 Å². The lowest BCUT2D eigenvalue weighted by Gasteiger charge is -2.53. The highest BCUT2D eigenvalue weighted by atomic mass is 19.1. The fraction of sp³-hybridized carbons (Fsp3) is 0.265. The third-order valence-corrected chi connectivity index (χ3v) is 12.6. The standard InChI is InChI=1S/C49H46F2N2/c1-7-25-49(53(38-19-11-32(4)12-20-38)39-23-15-35(51)16-24-39)45-27-41-40-26-33-30-48(8-2,42(33)28-43(40)47(5,6)44(41)29-46(45)49)52(36-17-9-31(3)10-18-36)37-21-13-34(50)14-22-37/h9-24,26-29H,7-8,25,30H2,1-6H3. The number of anilines is 4. The third-order valence-electron chi connectivity index (χ3n) is 12.6. The van der Waals surface area contributed by atoms with Crippen LogP contribution < -0.4 is 9.80 Å². The van der Waals surface area contributed by atoms with Crippen LogP contribution in [0.1, 0.15) is 91.5 Å². The van der Waals surface area contributed by atoms with E-state index in [2.05, 4.69) is 124 Å². The van der Waals surface area contributed by atoms with Gasteiger partial charge in [-0.1, -0.05) is 87.7 Å². The van der Waals surface area contributed by atoms with Gasteiger partial charge < -0.3 is 9.80 Å². The molecule has 2 unspecified atom stereocenters. The predicted molar refractivity (Wildman–Crippen MR) is 215 cm³/mol. The summed E-state index contributed by atoms with van der Waals surface area (Å²) < 4.78 is 28.5. The summed E-state index contributed by atoms with van der Waals surface area (Å²) in [5.41, 5.74) is 16.8. The summed E-state index contributed by atoms with van der Waals surface area (Å²) in [5.74, 6) is -0.451. The SMILES string of the molecule is CCCC1(N(c2ccc(C)cc2)c2ccc(F)cc2)c2cc3c(cc21)C(C)(C)c1cc2c(cc1-3)CC2(CC)N(c1ccc(C)cc1)c1ccc(F)cc1. The van der Waals surface area contributed by atoms with Gasteiger partial charge in [0.2, 0.25) is 0 Å². The molecule has 0 saturated heterocycles. The summed E-state index contributed by atoms with van der Waals surface area (Å²) >= 11 is 0. The first kappa shape index (κ1) is 33.6. The molecule has 266 valence electrons. The van der Waals surface area contributed by atoms with E-state index in [0.717, 1.165) is 48.4 Å². The minimum absolute atomic E-state index is 0.209. The molecule has 0 heterocycles. The molecule has 2 nitrogen and oxygen atoms in total. The molecular weight excluding hydrogens is 655 g/mol. The molecule has 6 aromatic rings. The zero-order valence-electron chi connectivity index (χ0n) is 31.5. The van der Waals surface area contributed by atoms with Crippen LogP contribution in [0.3, 0.4) is 0 Å². The predicted octanol–water partition coefficient (Wildman–Crippen LogP) is 13.1. The highest BCUT2D eigenvalue weighted by Gasteiger charge is 2.57. The van der Waals surface area contributed by atoms with Crippen LogP contribution in [-0.2, 0) is 22.9 Å². The summed E-state index contributed by atoms with van der Waals surface area (Å²) in [4.78, 5) is 4.90. The number of rotatable bonds is 9. The topological polar surface area (TPSA) is 6.48 Å². The Hall–Kier alpha value is -5.22. The zero-order valence-corrected chi connectivity index (χ0v) is 31.5. The van der Waals surface area contributed by atoms with Gasteiger partial charge in [-0.2, -0.15) is 0 Å². The fourth-order valence-corrected chi connectivity index (χ4v) is 9.80. The first-order valence-electron chi connectivity index (χ1n) is 19.1. The minimum Gasteiger partial charge on any atom is -0.331 e. The van der Waals surface area contributed by atoms with Crippen LogP contribution in [-0.4, -0.2) is 0 Å². The molecule has 4 heteroatoms. The van der Waals surface area contributed by atoms with Gasteiger partial charge in [-0.15, -0.1) is 0 Å². The molecule has 0 N–H and O–H groups in total. The van der Waals surface area contributed by atoms with Gasteiger partial charge >= 0.3 is 0 Å². The molecule has 0 saturated carbocycles. The van der Waals surface area contributed by atoms with Crippen LogP contribution in [0.5, 0.6) is 0 Å². The average molecular weight is 701 g/mol. The van der Waals surface area contributed by atoms with Gasteiger partial charge in [-0.05, 0) is 150 Å². The van der Waals surface area contributed by atoms with Crippen molar-refractivity contribution < 1.29 is 8.78 Å². The third kappa shape index (κ3) is 4.87. The second-order valence-electron chi connectivity index (χ2n) is 16.1. The number of halogens is 2. The summed E-state index contributed by atoms with van der Waals surface area (Å²) in [6.07, 6.45) is 3.80. The molecular formula is C49H46F2N2.